The summed E-state index contributed by atoms with van der Waals surface area (Å²) >= 11 is 6.53. The van der Waals surface area contributed by atoms with Crippen molar-refractivity contribution in [3.63, 3.8) is 0 Å². The summed E-state index contributed by atoms with van der Waals surface area (Å²) in [5.74, 6) is -0.399. The second-order valence-electron chi connectivity index (χ2n) is 5.06. The van der Waals surface area contributed by atoms with Gasteiger partial charge in [-0.25, -0.2) is 0 Å². The van der Waals surface area contributed by atoms with E-state index in [-0.39, 0.29) is 11.8 Å². The highest BCUT2D eigenvalue weighted by Gasteiger charge is 2.34. The van der Waals surface area contributed by atoms with Gasteiger partial charge in [0.2, 0.25) is 5.91 Å². The second-order valence-corrected chi connectivity index (χ2v) is 6.74. The quantitative estimate of drug-likeness (QED) is 0.618. The number of thiocarbonyl (C=S) groups is 1. The molecule has 0 atom stereocenters. The van der Waals surface area contributed by atoms with Gasteiger partial charge in [0, 0.05) is 18.8 Å². The highest BCUT2D eigenvalue weighted by molar-refractivity contribution is 8.27. The fourth-order valence-corrected chi connectivity index (χ4v) is 3.57. The zero-order valence-electron chi connectivity index (χ0n) is 12.9. The molecule has 4 nitrogen and oxygen atoms in total. The third-order valence-electron chi connectivity index (χ3n) is 3.43. The molecule has 1 saturated heterocycles. The average molecular weight is 354 g/mol. The number of thioether (sulfide) groups is 1. The van der Waals surface area contributed by atoms with E-state index in [0.29, 0.717) is 14.9 Å². The lowest BCUT2D eigenvalue weighted by molar-refractivity contribution is -0.116. The maximum atomic E-state index is 12.7. The summed E-state index contributed by atoms with van der Waals surface area (Å²) in [5.41, 5.74) is 1.42. The van der Waals surface area contributed by atoms with Crippen LogP contribution in [0.5, 0.6) is 0 Å². The van der Waals surface area contributed by atoms with Gasteiger partial charge in [0.15, 0.2) is 4.32 Å². The Hall–Kier alpha value is -2.44. The van der Waals surface area contributed by atoms with Gasteiger partial charge in [-0.1, -0.05) is 60.4 Å². The van der Waals surface area contributed by atoms with Gasteiger partial charge in [-0.3, -0.25) is 19.4 Å². The Morgan fingerprint density at radius 1 is 1.08 bits per heavy atom. The van der Waals surface area contributed by atoms with Crippen LogP contribution in [0.4, 0.5) is 11.4 Å². The number of hydrogen-bond donors (Lipinski definition) is 0. The summed E-state index contributed by atoms with van der Waals surface area (Å²) in [6.07, 6.45) is 1.56. The van der Waals surface area contributed by atoms with Crippen molar-refractivity contribution in [3.05, 3.63) is 71.8 Å². The molecule has 1 heterocycles. The summed E-state index contributed by atoms with van der Waals surface area (Å²) in [6.45, 7) is 1.46. The third-order valence-corrected chi connectivity index (χ3v) is 4.72. The molecule has 0 aliphatic carbocycles. The molecule has 0 unspecified atom stereocenters. The van der Waals surface area contributed by atoms with E-state index in [1.165, 1.54) is 28.5 Å². The standard InChI is InChI=1S/C18H14N2O2S2/c1-13(21)19(14-8-4-2-5-9-14)12-16-17(22)20(18(23)24-16)15-10-6-3-7-11-15/h2-12H,1H3/b16-12+. The average Bonchev–Trinajstić information content (AvgIpc) is 2.87. The van der Waals surface area contributed by atoms with Crippen LogP contribution >= 0.6 is 24.0 Å². The molecule has 0 saturated carbocycles. The van der Waals surface area contributed by atoms with Crippen LogP contribution in [0.25, 0.3) is 0 Å². The molecule has 2 aromatic carbocycles. The largest absolute Gasteiger partial charge is 0.287 e. The number of para-hydroxylation sites is 2. The van der Waals surface area contributed by atoms with E-state index < -0.39 is 0 Å². The lowest BCUT2D eigenvalue weighted by atomic mass is 10.3. The Kier molecular flexibility index (Phi) is 4.78. The van der Waals surface area contributed by atoms with Crippen LogP contribution in [0.15, 0.2) is 71.8 Å². The molecular formula is C18H14N2O2S2. The summed E-state index contributed by atoms with van der Waals surface area (Å²) in [6, 6.07) is 18.4. The minimum atomic E-state index is -0.224. The molecule has 0 N–H and O–H groups in total. The smallest absolute Gasteiger partial charge is 0.272 e. The van der Waals surface area contributed by atoms with Gasteiger partial charge in [-0.15, -0.1) is 0 Å². The highest BCUT2D eigenvalue weighted by Crippen LogP contribution is 2.35. The number of amides is 2. The number of hydrogen-bond acceptors (Lipinski definition) is 4. The van der Waals surface area contributed by atoms with Crippen molar-refractivity contribution in [3.8, 4) is 0 Å². The lowest BCUT2D eigenvalue weighted by Crippen LogP contribution is -2.28. The van der Waals surface area contributed by atoms with Crippen LogP contribution in [0.3, 0.4) is 0 Å². The van der Waals surface area contributed by atoms with Gasteiger partial charge in [0.05, 0.1) is 10.6 Å². The fourth-order valence-electron chi connectivity index (χ4n) is 2.31. The minimum Gasteiger partial charge on any atom is -0.287 e. The molecule has 120 valence electrons. The summed E-state index contributed by atoms with van der Waals surface area (Å²) in [7, 11) is 0. The molecule has 0 radical (unpaired) electrons. The molecule has 3 rings (SSSR count). The van der Waals surface area contributed by atoms with E-state index in [9.17, 15) is 9.59 Å². The number of rotatable bonds is 3. The van der Waals surface area contributed by atoms with Crippen LogP contribution in [-0.4, -0.2) is 16.1 Å². The Morgan fingerprint density at radius 3 is 2.25 bits per heavy atom. The SMILES string of the molecule is CC(=O)N(/C=C1/SC(=S)N(c2ccccc2)C1=O)c1ccccc1. The second kappa shape index (κ2) is 6.98. The molecule has 1 fully saturated rings. The van der Waals surface area contributed by atoms with Crippen molar-refractivity contribution in [2.45, 2.75) is 6.92 Å². The highest BCUT2D eigenvalue weighted by atomic mass is 32.2. The van der Waals surface area contributed by atoms with Gasteiger partial charge in [-0.05, 0) is 24.3 Å². The first-order valence-corrected chi connectivity index (χ1v) is 8.48. The number of nitrogens with zero attached hydrogens (tertiary/aromatic N) is 2. The van der Waals surface area contributed by atoms with Crippen molar-refractivity contribution in [2.24, 2.45) is 0 Å². The minimum absolute atomic E-state index is 0.175. The Labute approximate surface area is 149 Å². The van der Waals surface area contributed by atoms with Gasteiger partial charge >= 0.3 is 0 Å². The van der Waals surface area contributed by atoms with Crippen LogP contribution in [0, 0.1) is 0 Å². The van der Waals surface area contributed by atoms with Gasteiger partial charge in [0.1, 0.15) is 0 Å². The van der Waals surface area contributed by atoms with E-state index >= 15 is 0 Å². The Bertz CT molecular complexity index is 819. The monoisotopic (exact) mass is 354 g/mol. The number of carbonyl (C=O) groups excluding carboxylic acids is 2. The maximum Gasteiger partial charge on any atom is 0.272 e. The van der Waals surface area contributed by atoms with E-state index in [1.54, 1.807) is 6.20 Å². The molecule has 1 aliphatic heterocycles. The third kappa shape index (κ3) is 3.25. The van der Waals surface area contributed by atoms with Crippen molar-refractivity contribution in [1.82, 2.24) is 0 Å². The van der Waals surface area contributed by atoms with Crippen LogP contribution in [-0.2, 0) is 9.59 Å². The maximum absolute atomic E-state index is 12.7. The molecule has 24 heavy (non-hydrogen) atoms. The molecule has 2 aromatic rings. The van der Waals surface area contributed by atoms with Gasteiger partial charge < -0.3 is 0 Å². The summed E-state index contributed by atoms with van der Waals surface area (Å²) in [5, 5.41) is 0. The number of benzene rings is 2. The normalized spacial score (nSPS) is 15.9. The van der Waals surface area contributed by atoms with E-state index in [2.05, 4.69) is 0 Å². The molecule has 6 heteroatoms. The van der Waals surface area contributed by atoms with E-state index in [0.717, 1.165) is 5.69 Å². The molecule has 0 spiro atoms. The van der Waals surface area contributed by atoms with Crippen molar-refractivity contribution < 1.29 is 9.59 Å². The summed E-state index contributed by atoms with van der Waals surface area (Å²) < 4.78 is 0.453. The molecule has 0 bridgehead atoms. The topological polar surface area (TPSA) is 40.6 Å². The first-order valence-electron chi connectivity index (χ1n) is 7.26. The molecule has 1 aliphatic rings. The van der Waals surface area contributed by atoms with Gasteiger partial charge in [-0.2, -0.15) is 0 Å². The Morgan fingerprint density at radius 2 is 1.67 bits per heavy atom. The summed E-state index contributed by atoms with van der Waals surface area (Å²) in [4.78, 5) is 28.1. The zero-order valence-corrected chi connectivity index (χ0v) is 14.5. The van der Waals surface area contributed by atoms with Crippen LogP contribution < -0.4 is 9.80 Å². The van der Waals surface area contributed by atoms with Crippen LogP contribution in [0.1, 0.15) is 6.92 Å². The zero-order chi connectivity index (χ0) is 17.1. The molecule has 0 aromatic heterocycles. The fraction of sp³-hybridized carbons (Fsp3) is 0.0556. The van der Waals surface area contributed by atoms with Crippen molar-refractivity contribution >= 4 is 51.5 Å². The molecular weight excluding hydrogens is 340 g/mol. The first-order chi connectivity index (χ1) is 11.6. The Balaban J connectivity index is 1.94. The predicted molar refractivity (Wildman–Crippen MR) is 102 cm³/mol. The number of carbonyl (C=O) groups is 2. The molecule has 2 amide bonds. The number of anilines is 2. The van der Waals surface area contributed by atoms with E-state index in [1.807, 2.05) is 60.7 Å². The van der Waals surface area contributed by atoms with Gasteiger partial charge in [0.25, 0.3) is 5.91 Å². The van der Waals surface area contributed by atoms with Crippen molar-refractivity contribution in [2.75, 3.05) is 9.80 Å². The van der Waals surface area contributed by atoms with Crippen LogP contribution in [0.2, 0.25) is 0 Å². The lowest BCUT2D eigenvalue weighted by Gasteiger charge is -2.17. The predicted octanol–water partition coefficient (Wildman–Crippen LogP) is 3.95. The first kappa shape index (κ1) is 16.4. The van der Waals surface area contributed by atoms with E-state index in [4.69, 9.17) is 12.2 Å². The van der Waals surface area contributed by atoms with Crippen molar-refractivity contribution in [1.29, 1.82) is 0 Å².